The molecule has 0 fully saturated rings. The molecule has 1 amide bonds. The normalized spacial score (nSPS) is 11.5. The fraction of sp³-hybridized carbons (Fsp3) is 0.211. The van der Waals surface area contributed by atoms with Crippen molar-refractivity contribution in [2.45, 2.75) is 11.4 Å². The summed E-state index contributed by atoms with van der Waals surface area (Å²) in [7, 11) is -2.11. The molecule has 154 valence electrons. The van der Waals surface area contributed by atoms with Crippen molar-refractivity contribution in [2.24, 2.45) is 0 Å². The number of hydrogen-bond donors (Lipinski definition) is 2. The van der Waals surface area contributed by atoms with Crippen LogP contribution < -0.4 is 10.0 Å². The molecule has 0 aliphatic rings. The summed E-state index contributed by atoms with van der Waals surface area (Å²) < 4.78 is 31.4. The lowest BCUT2D eigenvalue weighted by Gasteiger charge is -2.07. The number of ether oxygens (including phenoxy) is 1. The van der Waals surface area contributed by atoms with E-state index in [0.29, 0.717) is 5.56 Å². The fourth-order valence-electron chi connectivity index (χ4n) is 2.28. The van der Waals surface area contributed by atoms with Gasteiger partial charge in [-0.25, -0.2) is 13.1 Å². The molecule has 0 unspecified atom stereocenters. The van der Waals surface area contributed by atoms with Gasteiger partial charge in [-0.3, -0.25) is 14.9 Å². The number of amides is 1. The zero-order valence-corrected chi connectivity index (χ0v) is 16.5. The lowest BCUT2D eigenvalue weighted by molar-refractivity contribution is -0.384. The molecule has 0 spiro atoms. The molecule has 2 N–H and O–H groups in total. The molecule has 0 saturated heterocycles. The van der Waals surface area contributed by atoms with E-state index in [4.69, 9.17) is 4.74 Å². The molecule has 0 aliphatic heterocycles. The number of nitrogens with zero attached hydrogens (tertiary/aromatic N) is 1. The summed E-state index contributed by atoms with van der Waals surface area (Å²) in [6.45, 7) is 0.676. The lowest BCUT2D eigenvalue weighted by atomic mass is 10.2. The quantitative estimate of drug-likeness (QED) is 0.262. The van der Waals surface area contributed by atoms with Gasteiger partial charge in [0, 0.05) is 38.4 Å². The third-order valence-corrected chi connectivity index (χ3v) is 5.31. The van der Waals surface area contributed by atoms with Crippen molar-refractivity contribution >= 4 is 27.7 Å². The SMILES string of the molecule is COCCNS(=O)(=O)c1ccc(CNC(=O)/C=C/c2ccc([N+](=O)[O-])cc2)cc1. The van der Waals surface area contributed by atoms with Crippen molar-refractivity contribution in [1.29, 1.82) is 0 Å². The molecule has 0 aliphatic carbocycles. The Balaban J connectivity index is 1.87. The molecule has 29 heavy (non-hydrogen) atoms. The topological polar surface area (TPSA) is 128 Å². The van der Waals surface area contributed by atoms with Crippen LogP contribution >= 0.6 is 0 Å². The van der Waals surface area contributed by atoms with E-state index < -0.39 is 14.9 Å². The predicted octanol–water partition coefficient (Wildman–Crippen LogP) is 1.85. The van der Waals surface area contributed by atoms with Gasteiger partial charge in [-0.1, -0.05) is 12.1 Å². The maximum Gasteiger partial charge on any atom is 0.269 e. The van der Waals surface area contributed by atoms with Gasteiger partial charge in [-0.2, -0.15) is 0 Å². The van der Waals surface area contributed by atoms with E-state index in [2.05, 4.69) is 10.0 Å². The van der Waals surface area contributed by atoms with Gasteiger partial charge in [0.05, 0.1) is 16.4 Å². The molecule has 2 rings (SSSR count). The Bertz CT molecular complexity index is 970. The van der Waals surface area contributed by atoms with Gasteiger partial charge < -0.3 is 10.1 Å². The lowest BCUT2D eigenvalue weighted by Crippen LogP contribution is -2.27. The molecule has 2 aromatic rings. The number of rotatable bonds is 10. The second kappa shape index (κ2) is 10.5. The van der Waals surface area contributed by atoms with Crippen molar-refractivity contribution in [1.82, 2.24) is 10.0 Å². The predicted molar refractivity (Wildman–Crippen MR) is 107 cm³/mol. The summed E-state index contributed by atoms with van der Waals surface area (Å²) in [6, 6.07) is 12.0. The van der Waals surface area contributed by atoms with Crippen LogP contribution in [0.1, 0.15) is 11.1 Å². The first-order valence-corrected chi connectivity index (χ1v) is 10.1. The molecular formula is C19H21N3O6S. The monoisotopic (exact) mass is 419 g/mol. The summed E-state index contributed by atoms with van der Waals surface area (Å²) in [6.07, 6.45) is 2.86. The Kier molecular flexibility index (Phi) is 8.01. The number of benzene rings is 2. The number of nitro benzene ring substituents is 1. The second-order valence-corrected chi connectivity index (χ2v) is 7.70. The Hall–Kier alpha value is -3.08. The number of carbonyl (C=O) groups excluding carboxylic acids is 1. The molecule has 10 heteroatoms. The number of methoxy groups -OCH3 is 1. The highest BCUT2D eigenvalue weighted by atomic mass is 32.2. The summed E-state index contributed by atoms with van der Waals surface area (Å²) in [5.74, 6) is -0.346. The second-order valence-electron chi connectivity index (χ2n) is 5.93. The summed E-state index contributed by atoms with van der Waals surface area (Å²) in [5, 5.41) is 13.3. The Morgan fingerprint density at radius 3 is 2.38 bits per heavy atom. The summed E-state index contributed by atoms with van der Waals surface area (Å²) in [4.78, 5) is 22.2. The maximum absolute atomic E-state index is 12.1. The third kappa shape index (κ3) is 7.11. The molecule has 9 nitrogen and oxygen atoms in total. The average molecular weight is 419 g/mol. The highest BCUT2D eigenvalue weighted by Crippen LogP contribution is 2.13. The van der Waals surface area contributed by atoms with Gasteiger partial charge in [-0.15, -0.1) is 0 Å². The van der Waals surface area contributed by atoms with E-state index in [1.807, 2.05) is 0 Å². The number of nitrogens with one attached hydrogen (secondary N) is 2. The largest absolute Gasteiger partial charge is 0.383 e. The minimum absolute atomic E-state index is 0.0223. The smallest absolute Gasteiger partial charge is 0.269 e. The zero-order chi connectivity index (χ0) is 21.3. The Morgan fingerprint density at radius 2 is 1.79 bits per heavy atom. The van der Waals surface area contributed by atoms with Crippen LogP contribution in [0.2, 0.25) is 0 Å². The van der Waals surface area contributed by atoms with Crippen molar-refractivity contribution in [3.05, 3.63) is 75.8 Å². The maximum atomic E-state index is 12.1. The van der Waals surface area contributed by atoms with Crippen LogP contribution in [-0.4, -0.2) is 39.5 Å². The molecule has 0 heterocycles. The molecule has 0 atom stereocenters. The van der Waals surface area contributed by atoms with Gasteiger partial charge in [0.2, 0.25) is 15.9 Å². The molecular weight excluding hydrogens is 398 g/mol. The van der Waals surface area contributed by atoms with E-state index in [9.17, 15) is 23.3 Å². The molecule has 0 radical (unpaired) electrons. The first kappa shape index (κ1) is 22.2. The van der Waals surface area contributed by atoms with Crippen LogP contribution in [0.4, 0.5) is 5.69 Å². The first-order chi connectivity index (χ1) is 13.8. The minimum Gasteiger partial charge on any atom is -0.383 e. The van der Waals surface area contributed by atoms with Crippen LogP contribution in [0.5, 0.6) is 0 Å². The van der Waals surface area contributed by atoms with E-state index in [1.54, 1.807) is 30.3 Å². The standard InChI is InChI=1S/C19H21N3O6S/c1-28-13-12-21-29(26,27)18-9-4-16(5-10-18)14-20-19(23)11-6-15-2-7-17(8-3-15)22(24)25/h2-11,21H,12-14H2,1H3,(H,20,23)/b11-6+. The number of hydrogen-bond acceptors (Lipinski definition) is 6. The van der Waals surface area contributed by atoms with Crippen molar-refractivity contribution in [3.63, 3.8) is 0 Å². The van der Waals surface area contributed by atoms with E-state index >= 15 is 0 Å². The van der Waals surface area contributed by atoms with Crippen LogP contribution in [0.3, 0.4) is 0 Å². The van der Waals surface area contributed by atoms with Gasteiger partial charge in [0.1, 0.15) is 0 Å². The van der Waals surface area contributed by atoms with E-state index in [-0.39, 0.29) is 36.2 Å². The first-order valence-electron chi connectivity index (χ1n) is 8.60. The van der Waals surface area contributed by atoms with Gasteiger partial charge >= 0.3 is 0 Å². The number of non-ortho nitro benzene ring substituents is 1. The molecule has 2 aromatic carbocycles. The van der Waals surface area contributed by atoms with Crippen molar-refractivity contribution in [3.8, 4) is 0 Å². The minimum atomic E-state index is -3.60. The van der Waals surface area contributed by atoms with Crippen molar-refractivity contribution in [2.75, 3.05) is 20.3 Å². The van der Waals surface area contributed by atoms with Gasteiger partial charge in [-0.05, 0) is 41.5 Å². The Labute approximate surface area is 168 Å². The van der Waals surface area contributed by atoms with Gasteiger partial charge in [0.15, 0.2) is 0 Å². The molecule has 0 saturated carbocycles. The Morgan fingerprint density at radius 1 is 1.14 bits per heavy atom. The van der Waals surface area contributed by atoms with Crippen LogP contribution in [-0.2, 0) is 26.1 Å². The number of nitro groups is 1. The zero-order valence-electron chi connectivity index (χ0n) is 15.7. The highest BCUT2D eigenvalue weighted by Gasteiger charge is 2.12. The molecule has 0 aromatic heterocycles. The number of carbonyl (C=O) groups is 1. The average Bonchev–Trinajstić information content (AvgIpc) is 2.71. The summed E-state index contributed by atoms with van der Waals surface area (Å²) >= 11 is 0. The molecule has 0 bridgehead atoms. The number of sulfonamides is 1. The highest BCUT2D eigenvalue weighted by molar-refractivity contribution is 7.89. The third-order valence-electron chi connectivity index (χ3n) is 3.83. The van der Waals surface area contributed by atoms with Crippen LogP contribution in [0.15, 0.2) is 59.5 Å². The van der Waals surface area contributed by atoms with E-state index in [1.165, 1.54) is 37.5 Å². The van der Waals surface area contributed by atoms with Crippen LogP contribution in [0, 0.1) is 10.1 Å². The fourth-order valence-corrected chi connectivity index (χ4v) is 3.29. The van der Waals surface area contributed by atoms with Crippen molar-refractivity contribution < 1.29 is 22.9 Å². The van der Waals surface area contributed by atoms with Crippen LogP contribution in [0.25, 0.3) is 6.08 Å². The summed E-state index contributed by atoms with van der Waals surface area (Å²) in [5.41, 5.74) is 1.37. The van der Waals surface area contributed by atoms with E-state index in [0.717, 1.165) is 5.56 Å². The van der Waals surface area contributed by atoms with Gasteiger partial charge in [0.25, 0.3) is 5.69 Å².